The van der Waals surface area contributed by atoms with Crippen molar-refractivity contribution in [3.63, 3.8) is 0 Å². The summed E-state index contributed by atoms with van der Waals surface area (Å²) in [6.07, 6.45) is 0. The van der Waals surface area contributed by atoms with E-state index in [0.29, 0.717) is 0 Å². The van der Waals surface area contributed by atoms with Gasteiger partial charge in [0.1, 0.15) is 0 Å². The molecule has 3 heterocycles. The van der Waals surface area contributed by atoms with Crippen molar-refractivity contribution in [2.45, 2.75) is 0 Å². The van der Waals surface area contributed by atoms with Crippen LogP contribution in [0, 0.1) is 0 Å². The first-order valence-corrected chi connectivity index (χ1v) is 14.6. The second-order valence-electron chi connectivity index (χ2n) is 10.5. The van der Waals surface area contributed by atoms with Gasteiger partial charge in [0, 0.05) is 48.6 Å². The Morgan fingerprint density at radius 1 is 0.425 bits per heavy atom. The fourth-order valence-corrected chi connectivity index (χ4v) is 8.02. The number of thiophene rings is 1. The molecular formula is C36H23BN2S. The molecule has 0 unspecified atom stereocenters. The van der Waals surface area contributed by atoms with Gasteiger partial charge in [-0.15, -0.1) is 11.3 Å². The normalized spacial score (nSPS) is 13.3. The van der Waals surface area contributed by atoms with Gasteiger partial charge in [0.2, 0.25) is 0 Å². The number of para-hydroxylation sites is 3. The van der Waals surface area contributed by atoms with E-state index < -0.39 is 0 Å². The molecule has 0 N–H and O–H groups in total. The lowest BCUT2D eigenvalue weighted by atomic mass is 9.33. The first-order valence-electron chi connectivity index (χ1n) is 13.7. The highest BCUT2D eigenvalue weighted by atomic mass is 32.1. The third-order valence-electron chi connectivity index (χ3n) is 8.44. The Balaban J connectivity index is 1.39. The van der Waals surface area contributed by atoms with E-state index in [9.17, 15) is 0 Å². The fourth-order valence-electron chi connectivity index (χ4n) is 6.89. The van der Waals surface area contributed by atoms with Crippen molar-refractivity contribution in [2.24, 2.45) is 0 Å². The van der Waals surface area contributed by atoms with Crippen LogP contribution in [-0.2, 0) is 0 Å². The molecule has 0 aliphatic carbocycles. The lowest BCUT2D eigenvalue weighted by Gasteiger charge is -2.44. The van der Waals surface area contributed by atoms with Gasteiger partial charge in [0.05, 0.1) is 5.69 Å². The molecule has 1 aromatic heterocycles. The molecule has 0 fully saturated rings. The maximum absolute atomic E-state index is 2.52. The molecule has 7 aromatic rings. The molecule has 6 aromatic carbocycles. The average molecular weight is 526 g/mol. The van der Waals surface area contributed by atoms with Crippen LogP contribution in [0.3, 0.4) is 0 Å². The summed E-state index contributed by atoms with van der Waals surface area (Å²) in [4.78, 5) is 4.96. The van der Waals surface area contributed by atoms with Gasteiger partial charge in [0.15, 0.2) is 0 Å². The van der Waals surface area contributed by atoms with E-state index >= 15 is 0 Å². The van der Waals surface area contributed by atoms with E-state index in [2.05, 4.69) is 149 Å². The van der Waals surface area contributed by atoms with E-state index in [0.717, 1.165) is 0 Å². The summed E-state index contributed by atoms with van der Waals surface area (Å²) < 4.78 is 2.65. The Hall–Kier alpha value is -4.80. The predicted octanol–water partition coefficient (Wildman–Crippen LogP) is 8.14. The summed E-state index contributed by atoms with van der Waals surface area (Å²) in [5, 5.41) is 2.64. The smallest absolute Gasteiger partial charge is 0.252 e. The van der Waals surface area contributed by atoms with Crippen molar-refractivity contribution in [2.75, 3.05) is 9.80 Å². The molecule has 2 nitrogen and oxygen atoms in total. The molecule has 0 radical (unpaired) electrons. The lowest BCUT2D eigenvalue weighted by molar-refractivity contribution is 1.26. The van der Waals surface area contributed by atoms with E-state index in [4.69, 9.17) is 0 Å². The molecule has 4 heteroatoms. The Morgan fingerprint density at radius 3 is 1.77 bits per heavy atom. The second kappa shape index (κ2) is 8.35. The van der Waals surface area contributed by atoms with Crippen molar-refractivity contribution < 1.29 is 0 Å². The monoisotopic (exact) mass is 526 g/mol. The van der Waals surface area contributed by atoms with Gasteiger partial charge in [-0.2, -0.15) is 0 Å². The SMILES string of the molecule is c1ccc(N2c3ccccc3B3c4ccccc4N(c4cccc5sc6ccccc6c45)c4cccc2c43)cc1. The maximum Gasteiger partial charge on any atom is 0.252 e. The molecule has 0 saturated carbocycles. The number of hydrogen-bond acceptors (Lipinski definition) is 3. The van der Waals surface area contributed by atoms with Crippen LogP contribution in [0.15, 0.2) is 140 Å². The van der Waals surface area contributed by atoms with Gasteiger partial charge in [-0.25, -0.2) is 0 Å². The molecule has 0 spiro atoms. The maximum atomic E-state index is 2.52. The predicted molar refractivity (Wildman–Crippen MR) is 173 cm³/mol. The highest BCUT2D eigenvalue weighted by Crippen LogP contribution is 2.47. The minimum atomic E-state index is 0.160. The molecule has 0 bridgehead atoms. The minimum Gasteiger partial charge on any atom is -0.311 e. The fraction of sp³-hybridized carbons (Fsp3) is 0. The van der Waals surface area contributed by atoms with E-state index in [-0.39, 0.29) is 6.71 Å². The van der Waals surface area contributed by atoms with Crippen LogP contribution in [0.5, 0.6) is 0 Å². The summed E-state index contributed by atoms with van der Waals surface area (Å²) in [6.45, 7) is 0.160. The Bertz CT molecular complexity index is 2100. The van der Waals surface area contributed by atoms with Crippen LogP contribution in [0.25, 0.3) is 20.2 Å². The van der Waals surface area contributed by atoms with Crippen molar-refractivity contribution in [1.82, 2.24) is 0 Å². The topological polar surface area (TPSA) is 6.48 Å². The van der Waals surface area contributed by atoms with Crippen LogP contribution in [0.2, 0.25) is 0 Å². The highest BCUT2D eigenvalue weighted by molar-refractivity contribution is 7.26. The van der Waals surface area contributed by atoms with Gasteiger partial charge in [0.25, 0.3) is 6.71 Å². The Morgan fingerprint density at radius 2 is 0.975 bits per heavy atom. The number of anilines is 6. The summed E-state index contributed by atoms with van der Waals surface area (Å²) >= 11 is 1.88. The number of benzene rings is 6. The van der Waals surface area contributed by atoms with Crippen LogP contribution in [0.1, 0.15) is 0 Å². The number of fused-ring (bicyclic) bond motifs is 7. The standard InChI is InChI=1S/C36H23BN2S/c1-2-12-24(13-3-1)38-28-17-7-5-15-26(28)37-27-16-6-8-18-29(27)39(32-21-10-20-31(38)36(32)37)30-19-11-23-34-35(30)25-14-4-9-22-33(25)40-34/h1-23H. The number of hydrogen-bond donors (Lipinski definition) is 0. The zero-order valence-electron chi connectivity index (χ0n) is 21.7. The Labute approximate surface area is 237 Å². The first-order chi connectivity index (χ1) is 19.9. The number of rotatable bonds is 2. The molecule has 9 rings (SSSR count). The van der Waals surface area contributed by atoms with Crippen LogP contribution in [0.4, 0.5) is 34.1 Å². The molecule has 40 heavy (non-hydrogen) atoms. The molecule has 0 amide bonds. The minimum absolute atomic E-state index is 0.160. The van der Waals surface area contributed by atoms with Crippen molar-refractivity contribution in [3.05, 3.63) is 140 Å². The second-order valence-corrected chi connectivity index (χ2v) is 11.6. The highest BCUT2D eigenvalue weighted by Gasteiger charge is 2.42. The van der Waals surface area contributed by atoms with Crippen LogP contribution < -0.4 is 26.2 Å². The Kier molecular flexibility index (Phi) is 4.61. The summed E-state index contributed by atoms with van der Waals surface area (Å²) in [5.41, 5.74) is 11.5. The zero-order chi connectivity index (χ0) is 26.2. The molecule has 2 aliphatic rings. The van der Waals surface area contributed by atoms with Gasteiger partial charge in [-0.3, -0.25) is 0 Å². The van der Waals surface area contributed by atoms with Gasteiger partial charge < -0.3 is 9.80 Å². The van der Waals surface area contributed by atoms with E-state index in [1.165, 1.54) is 70.7 Å². The molecule has 0 saturated heterocycles. The molecule has 0 atom stereocenters. The van der Waals surface area contributed by atoms with Gasteiger partial charge in [-0.05, 0) is 71.0 Å². The summed E-state index contributed by atoms with van der Waals surface area (Å²) in [7, 11) is 0. The molecule has 2 aliphatic heterocycles. The summed E-state index contributed by atoms with van der Waals surface area (Å²) in [5.74, 6) is 0. The third kappa shape index (κ3) is 2.94. The van der Waals surface area contributed by atoms with Crippen LogP contribution >= 0.6 is 11.3 Å². The quantitative estimate of drug-likeness (QED) is 0.210. The van der Waals surface area contributed by atoms with E-state index in [1.54, 1.807) is 0 Å². The average Bonchev–Trinajstić information content (AvgIpc) is 3.40. The molecule has 186 valence electrons. The van der Waals surface area contributed by atoms with Crippen molar-refractivity contribution in [1.29, 1.82) is 0 Å². The van der Waals surface area contributed by atoms with E-state index in [1.807, 2.05) is 11.3 Å². The molecular weight excluding hydrogens is 503 g/mol. The van der Waals surface area contributed by atoms with Gasteiger partial charge in [-0.1, -0.05) is 84.9 Å². The first kappa shape index (κ1) is 22.1. The largest absolute Gasteiger partial charge is 0.311 e. The van der Waals surface area contributed by atoms with Gasteiger partial charge >= 0.3 is 0 Å². The number of nitrogens with zero attached hydrogens (tertiary/aromatic N) is 2. The van der Waals surface area contributed by atoms with Crippen LogP contribution in [-0.4, -0.2) is 6.71 Å². The third-order valence-corrected chi connectivity index (χ3v) is 9.58. The van der Waals surface area contributed by atoms with Crippen molar-refractivity contribution >= 4 is 88.7 Å². The summed E-state index contributed by atoms with van der Waals surface area (Å²) in [6, 6.07) is 51.1. The zero-order valence-corrected chi connectivity index (χ0v) is 22.5. The lowest BCUT2D eigenvalue weighted by Crippen LogP contribution is -2.61. The van der Waals surface area contributed by atoms with Crippen molar-refractivity contribution in [3.8, 4) is 0 Å².